The molecule has 0 bridgehead atoms. The van der Waals surface area contributed by atoms with Crippen molar-refractivity contribution in [1.82, 2.24) is 16.0 Å². The first-order valence-electron chi connectivity index (χ1n) is 6.62. The predicted octanol–water partition coefficient (Wildman–Crippen LogP) is 1.73. The van der Waals surface area contributed by atoms with Crippen molar-refractivity contribution in [3.05, 3.63) is 0 Å². The molecule has 0 aromatic heterocycles. The molecule has 114 valence electrons. The summed E-state index contributed by atoms with van der Waals surface area (Å²) < 4.78 is 0. The molecule has 0 saturated carbocycles. The first-order valence-corrected chi connectivity index (χ1v) is 6.62. The fourth-order valence-electron chi connectivity index (χ4n) is 1.31. The highest BCUT2D eigenvalue weighted by Crippen LogP contribution is 2.13. The highest BCUT2D eigenvalue weighted by Gasteiger charge is 2.27. The highest BCUT2D eigenvalue weighted by molar-refractivity contribution is 14.0. The van der Waals surface area contributed by atoms with Gasteiger partial charge in [0.25, 0.3) is 0 Å². The van der Waals surface area contributed by atoms with E-state index in [0.717, 1.165) is 12.4 Å². The van der Waals surface area contributed by atoms with E-state index >= 15 is 0 Å². The van der Waals surface area contributed by atoms with Gasteiger partial charge < -0.3 is 16.0 Å². The van der Waals surface area contributed by atoms with Gasteiger partial charge in [-0.25, -0.2) is 0 Å². The number of rotatable bonds is 6. The quantitative estimate of drug-likeness (QED) is 0.371. The zero-order valence-electron chi connectivity index (χ0n) is 13.0. The van der Waals surface area contributed by atoms with E-state index in [-0.39, 0.29) is 29.9 Å². The Labute approximate surface area is 134 Å². The fraction of sp³-hybridized carbons (Fsp3) is 0.846. The lowest BCUT2D eigenvalue weighted by molar-refractivity contribution is -0.128. The molecule has 0 rings (SSSR count). The maximum atomic E-state index is 11.8. The third-order valence-electron chi connectivity index (χ3n) is 2.87. The maximum Gasteiger partial charge on any atom is 0.227 e. The maximum absolute atomic E-state index is 11.8. The molecule has 0 aliphatic carbocycles. The predicted molar refractivity (Wildman–Crippen MR) is 92.1 cm³/mol. The summed E-state index contributed by atoms with van der Waals surface area (Å²) in [7, 11) is 1.73. The molecule has 3 N–H and O–H groups in total. The zero-order chi connectivity index (χ0) is 14.2. The van der Waals surface area contributed by atoms with Gasteiger partial charge >= 0.3 is 0 Å². The van der Waals surface area contributed by atoms with Gasteiger partial charge in [0.05, 0.1) is 5.41 Å². The van der Waals surface area contributed by atoms with Crippen LogP contribution in [0.25, 0.3) is 0 Å². The Kier molecular flexibility index (Phi) is 11.2. The van der Waals surface area contributed by atoms with Crippen molar-refractivity contribution in [2.45, 2.75) is 47.1 Å². The van der Waals surface area contributed by atoms with Crippen molar-refractivity contribution < 1.29 is 4.79 Å². The molecular weight excluding hydrogens is 355 g/mol. The molecule has 1 atom stereocenters. The molecule has 19 heavy (non-hydrogen) atoms. The topological polar surface area (TPSA) is 65.5 Å². The molecule has 0 aromatic rings. The van der Waals surface area contributed by atoms with E-state index in [1.54, 1.807) is 7.05 Å². The van der Waals surface area contributed by atoms with Crippen molar-refractivity contribution in [2.24, 2.45) is 10.4 Å². The van der Waals surface area contributed by atoms with Crippen LogP contribution in [0.3, 0.4) is 0 Å². The number of carbonyl (C=O) groups excluding carboxylic acids is 1. The van der Waals surface area contributed by atoms with Crippen molar-refractivity contribution in [2.75, 3.05) is 20.1 Å². The SMILES string of the molecule is CCNC(=O)C(C)(C)CNC(=NC)NC(C)CC.I. The van der Waals surface area contributed by atoms with Gasteiger partial charge in [-0.3, -0.25) is 9.79 Å². The largest absolute Gasteiger partial charge is 0.356 e. The lowest BCUT2D eigenvalue weighted by atomic mass is 9.92. The Hall–Kier alpha value is -0.530. The standard InChI is InChI=1S/C13H28N4O.HI/c1-7-10(3)17-12(14-6)16-9-13(4,5)11(18)15-8-2;/h10H,7-9H2,1-6H3,(H,15,18)(H2,14,16,17);1H. The number of halogens is 1. The Bertz CT molecular complexity index is 292. The molecule has 5 nitrogen and oxygen atoms in total. The highest BCUT2D eigenvalue weighted by atomic mass is 127. The monoisotopic (exact) mass is 384 g/mol. The van der Waals surface area contributed by atoms with Crippen molar-refractivity contribution in [3.63, 3.8) is 0 Å². The van der Waals surface area contributed by atoms with Crippen molar-refractivity contribution in [3.8, 4) is 0 Å². The van der Waals surface area contributed by atoms with Crippen LogP contribution in [-0.2, 0) is 4.79 Å². The zero-order valence-corrected chi connectivity index (χ0v) is 15.3. The van der Waals surface area contributed by atoms with Crippen LogP contribution in [0.1, 0.15) is 41.0 Å². The average molecular weight is 384 g/mol. The Morgan fingerprint density at radius 1 is 1.26 bits per heavy atom. The van der Waals surface area contributed by atoms with E-state index < -0.39 is 5.41 Å². The first kappa shape index (κ1) is 20.8. The smallest absolute Gasteiger partial charge is 0.227 e. The van der Waals surface area contributed by atoms with Crippen molar-refractivity contribution in [1.29, 1.82) is 0 Å². The Morgan fingerprint density at radius 3 is 2.26 bits per heavy atom. The van der Waals surface area contributed by atoms with Crippen LogP contribution in [0.5, 0.6) is 0 Å². The van der Waals surface area contributed by atoms with Gasteiger partial charge in [-0.15, -0.1) is 24.0 Å². The molecule has 1 unspecified atom stereocenters. The van der Waals surface area contributed by atoms with Gasteiger partial charge in [-0.1, -0.05) is 6.92 Å². The number of guanidine groups is 1. The normalized spacial score (nSPS) is 13.3. The molecule has 0 fully saturated rings. The van der Waals surface area contributed by atoms with Gasteiger partial charge in [0.15, 0.2) is 5.96 Å². The number of hydrogen-bond acceptors (Lipinski definition) is 2. The average Bonchev–Trinajstić information content (AvgIpc) is 2.34. The molecule has 0 aromatic carbocycles. The number of carbonyl (C=O) groups is 1. The second-order valence-corrected chi connectivity index (χ2v) is 5.12. The lowest BCUT2D eigenvalue weighted by Crippen LogP contribution is -2.49. The van der Waals surface area contributed by atoms with Gasteiger partial charge in [0.2, 0.25) is 5.91 Å². The molecule has 0 heterocycles. The number of hydrogen-bond donors (Lipinski definition) is 3. The number of aliphatic imine (C=N–C) groups is 1. The lowest BCUT2D eigenvalue weighted by Gasteiger charge is -2.25. The van der Waals surface area contributed by atoms with Crippen LogP contribution in [-0.4, -0.2) is 38.0 Å². The molecule has 0 aliphatic heterocycles. The fourth-order valence-corrected chi connectivity index (χ4v) is 1.31. The number of nitrogens with zero attached hydrogens (tertiary/aromatic N) is 1. The second kappa shape index (κ2) is 10.3. The first-order chi connectivity index (χ1) is 8.37. The van der Waals surface area contributed by atoms with E-state index in [1.807, 2.05) is 20.8 Å². The number of amides is 1. The van der Waals surface area contributed by atoms with E-state index in [2.05, 4.69) is 34.8 Å². The van der Waals surface area contributed by atoms with E-state index in [1.165, 1.54) is 0 Å². The van der Waals surface area contributed by atoms with Crippen LogP contribution in [0.15, 0.2) is 4.99 Å². The molecule has 1 amide bonds. The van der Waals surface area contributed by atoms with Gasteiger partial charge in [0.1, 0.15) is 0 Å². The minimum absolute atomic E-state index is 0. The van der Waals surface area contributed by atoms with Crippen LogP contribution in [0.4, 0.5) is 0 Å². The molecule has 0 aliphatic rings. The summed E-state index contributed by atoms with van der Waals surface area (Å²) in [6.07, 6.45) is 1.03. The minimum Gasteiger partial charge on any atom is -0.356 e. The third-order valence-corrected chi connectivity index (χ3v) is 2.87. The molecule has 0 radical (unpaired) electrons. The summed E-state index contributed by atoms with van der Waals surface area (Å²) >= 11 is 0. The molecule has 0 saturated heterocycles. The van der Waals surface area contributed by atoms with Crippen molar-refractivity contribution >= 4 is 35.8 Å². The third kappa shape index (κ3) is 8.28. The summed E-state index contributed by atoms with van der Waals surface area (Å²) in [6, 6.07) is 0.365. The van der Waals surface area contributed by atoms with Crippen LogP contribution < -0.4 is 16.0 Å². The summed E-state index contributed by atoms with van der Waals surface area (Å²) in [4.78, 5) is 16.0. The summed E-state index contributed by atoms with van der Waals surface area (Å²) in [5.74, 6) is 0.790. The second-order valence-electron chi connectivity index (χ2n) is 5.12. The number of nitrogens with one attached hydrogen (secondary N) is 3. The van der Waals surface area contributed by atoms with Gasteiger partial charge in [0, 0.05) is 26.2 Å². The van der Waals surface area contributed by atoms with Crippen LogP contribution >= 0.6 is 24.0 Å². The molecular formula is C13H29IN4O. The summed E-state index contributed by atoms with van der Waals surface area (Å²) in [5, 5.41) is 9.30. The van der Waals surface area contributed by atoms with E-state index in [0.29, 0.717) is 19.1 Å². The van der Waals surface area contributed by atoms with Crippen LogP contribution in [0.2, 0.25) is 0 Å². The summed E-state index contributed by atoms with van der Waals surface area (Å²) in [5.41, 5.74) is -0.455. The van der Waals surface area contributed by atoms with Gasteiger partial charge in [-0.2, -0.15) is 0 Å². The molecule has 6 heteroatoms. The minimum atomic E-state index is -0.455. The Balaban J connectivity index is 0. The molecule has 0 spiro atoms. The van der Waals surface area contributed by atoms with E-state index in [9.17, 15) is 4.79 Å². The Morgan fingerprint density at radius 2 is 1.84 bits per heavy atom. The van der Waals surface area contributed by atoms with Crippen LogP contribution in [0, 0.1) is 5.41 Å². The van der Waals surface area contributed by atoms with E-state index in [4.69, 9.17) is 0 Å². The van der Waals surface area contributed by atoms with Gasteiger partial charge in [-0.05, 0) is 34.1 Å². The summed E-state index contributed by atoms with van der Waals surface area (Å²) in [6.45, 7) is 11.2.